The molecule has 0 spiro atoms. The van der Waals surface area contributed by atoms with Crippen LogP contribution in [0.4, 0.5) is 0 Å². The van der Waals surface area contributed by atoms with E-state index in [1.54, 1.807) is 0 Å². The Bertz CT molecular complexity index is 178. The summed E-state index contributed by atoms with van der Waals surface area (Å²) in [6.07, 6.45) is 20.0. The fourth-order valence-electron chi connectivity index (χ4n) is 2.14. The van der Waals surface area contributed by atoms with Crippen LogP contribution in [0.1, 0.15) is 77.6 Å². The molecular formula is C17H36BrN. The van der Waals surface area contributed by atoms with Gasteiger partial charge >= 0.3 is 0 Å². The number of rotatable bonds is 13. The number of allylic oxidation sites excluding steroid dienone is 1. The van der Waals surface area contributed by atoms with Gasteiger partial charge in [0.1, 0.15) is 0 Å². The van der Waals surface area contributed by atoms with E-state index in [0.29, 0.717) is 0 Å². The largest absolute Gasteiger partial charge is 0.309 e. The summed E-state index contributed by atoms with van der Waals surface area (Å²) in [7, 11) is 4.27. The Morgan fingerprint density at radius 2 is 1.16 bits per heavy atom. The predicted molar refractivity (Wildman–Crippen MR) is 94.5 cm³/mol. The van der Waals surface area contributed by atoms with Gasteiger partial charge in [-0.05, 0) is 33.4 Å². The van der Waals surface area contributed by atoms with Crippen molar-refractivity contribution in [1.82, 2.24) is 4.90 Å². The highest BCUT2D eigenvalue weighted by Gasteiger charge is 1.91. The van der Waals surface area contributed by atoms with E-state index in [0.717, 1.165) is 0 Å². The number of halogens is 1. The van der Waals surface area contributed by atoms with Gasteiger partial charge in [0.25, 0.3) is 0 Å². The Kier molecular flexibility index (Phi) is 20.6. The minimum atomic E-state index is 0. The van der Waals surface area contributed by atoms with Crippen LogP contribution < -0.4 is 0 Å². The van der Waals surface area contributed by atoms with Crippen LogP contribution in [0, 0.1) is 0 Å². The van der Waals surface area contributed by atoms with E-state index < -0.39 is 0 Å². The minimum Gasteiger partial charge on any atom is -0.309 e. The predicted octanol–water partition coefficient (Wildman–Crippen LogP) is 5.99. The Morgan fingerprint density at radius 1 is 0.684 bits per heavy atom. The molecule has 0 bridgehead atoms. The lowest BCUT2D eigenvalue weighted by Gasteiger charge is -2.05. The second-order valence-electron chi connectivity index (χ2n) is 5.68. The van der Waals surface area contributed by atoms with E-state index in [2.05, 4.69) is 38.1 Å². The molecule has 116 valence electrons. The average Bonchev–Trinajstić information content (AvgIpc) is 2.34. The van der Waals surface area contributed by atoms with Crippen LogP contribution in [0.15, 0.2) is 12.2 Å². The molecule has 0 aromatic carbocycles. The SMILES string of the molecule is Br.CCCCCCCCCCCC=CCCN(C)C. The molecule has 0 saturated carbocycles. The maximum absolute atomic E-state index is 2.37. The lowest BCUT2D eigenvalue weighted by atomic mass is 10.1. The molecule has 1 nitrogen and oxygen atoms in total. The van der Waals surface area contributed by atoms with Gasteiger partial charge in [-0.1, -0.05) is 70.4 Å². The van der Waals surface area contributed by atoms with E-state index in [4.69, 9.17) is 0 Å². The van der Waals surface area contributed by atoms with Gasteiger partial charge in [-0.25, -0.2) is 0 Å². The highest BCUT2D eigenvalue weighted by atomic mass is 79.9. The van der Waals surface area contributed by atoms with Crippen LogP contribution in [0.3, 0.4) is 0 Å². The van der Waals surface area contributed by atoms with Crippen molar-refractivity contribution < 1.29 is 0 Å². The fourth-order valence-corrected chi connectivity index (χ4v) is 2.14. The van der Waals surface area contributed by atoms with E-state index in [-0.39, 0.29) is 17.0 Å². The van der Waals surface area contributed by atoms with Gasteiger partial charge < -0.3 is 4.90 Å². The third kappa shape index (κ3) is 20.7. The molecule has 0 unspecified atom stereocenters. The highest BCUT2D eigenvalue weighted by Crippen LogP contribution is 2.10. The first kappa shape index (κ1) is 21.5. The monoisotopic (exact) mass is 333 g/mol. The Morgan fingerprint density at radius 3 is 1.68 bits per heavy atom. The quantitative estimate of drug-likeness (QED) is 0.295. The third-order valence-electron chi connectivity index (χ3n) is 3.38. The molecule has 0 aromatic rings. The zero-order valence-corrected chi connectivity index (χ0v) is 15.2. The van der Waals surface area contributed by atoms with Crippen LogP contribution in [-0.2, 0) is 0 Å². The normalized spacial score (nSPS) is 11.2. The van der Waals surface area contributed by atoms with Crippen LogP contribution >= 0.6 is 17.0 Å². The number of hydrogen-bond acceptors (Lipinski definition) is 1. The van der Waals surface area contributed by atoms with Crippen LogP contribution in [0.2, 0.25) is 0 Å². The first-order chi connectivity index (χ1) is 8.77. The molecule has 0 rings (SSSR count). The first-order valence-corrected chi connectivity index (χ1v) is 8.07. The van der Waals surface area contributed by atoms with Crippen molar-refractivity contribution in [3.8, 4) is 0 Å². The molecule has 0 radical (unpaired) electrons. The molecule has 0 N–H and O–H groups in total. The molecule has 0 atom stereocenters. The summed E-state index contributed by atoms with van der Waals surface area (Å²) in [5, 5.41) is 0. The smallest absolute Gasteiger partial charge is 0.000980 e. The Balaban J connectivity index is 0. The van der Waals surface area contributed by atoms with Crippen LogP contribution in [0.25, 0.3) is 0 Å². The lowest BCUT2D eigenvalue weighted by molar-refractivity contribution is 0.417. The van der Waals surface area contributed by atoms with Gasteiger partial charge in [0.05, 0.1) is 0 Å². The average molecular weight is 334 g/mol. The van der Waals surface area contributed by atoms with Crippen molar-refractivity contribution >= 4 is 17.0 Å². The van der Waals surface area contributed by atoms with E-state index in [1.807, 2.05) is 0 Å². The van der Waals surface area contributed by atoms with Gasteiger partial charge in [-0.15, -0.1) is 17.0 Å². The van der Waals surface area contributed by atoms with Crippen molar-refractivity contribution in [2.24, 2.45) is 0 Å². The first-order valence-electron chi connectivity index (χ1n) is 8.07. The lowest BCUT2D eigenvalue weighted by Crippen LogP contribution is -2.11. The molecule has 0 heterocycles. The molecule has 2 heteroatoms. The fraction of sp³-hybridized carbons (Fsp3) is 0.882. The Labute approximate surface area is 132 Å². The van der Waals surface area contributed by atoms with Crippen molar-refractivity contribution in [3.63, 3.8) is 0 Å². The summed E-state index contributed by atoms with van der Waals surface area (Å²) in [5.41, 5.74) is 0. The molecule has 0 aliphatic rings. The summed E-state index contributed by atoms with van der Waals surface area (Å²) >= 11 is 0. The zero-order valence-electron chi connectivity index (χ0n) is 13.5. The van der Waals surface area contributed by atoms with Crippen molar-refractivity contribution in [3.05, 3.63) is 12.2 Å². The van der Waals surface area contributed by atoms with Gasteiger partial charge in [-0.3, -0.25) is 0 Å². The van der Waals surface area contributed by atoms with Crippen LogP contribution in [0.5, 0.6) is 0 Å². The molecule has 0 aliphatic heterocycles. The van der Waals surface area contributed by atoms with E-state index >= 15 is 0 Å². The summed E-state index contributed by atoms with van der Waals surface area (Å²) in [6.45, 7) is 3.46. The summed E-state index contributed by atoms with van der Waals surface area (Å²) < 4.78 is 0. The topological polar surface area (TPSA) is 3.24 Å². The maximum atomic E-state index is 2.37. The van der Waals surface area contributed by atoms with E-state index in [9.17, 15) is 0 Å². The van der Waals surface area contributed by atoms with Crippen LogP contribution in [-0.4, -0.2) is 25.5 Å². The molecule has 0 fully saturated rings. The molecule has 0 aromatic heterocycles. The molecule has 0 amide bonds. The molecule has 0 aliphatic carbocycles. The van der Waals surface area contributed by atoms with Gasteiger partial charge in [-0.2, -0.15) is 0 Å². The van der Waals surface area contributed by atoms with Gasteiger partial charge in [0, 0.05) is 6.54 Å². The molecule has 0 saturated heterocycles. The number of unbranched alkanes of at least 4 members (excludes halogenated alkanes) is 9. The second-order valence-corrected chi connectivity index (χ2v) is 5.68. The zero-order chi connectivity index (χ0) is 13.5. The Hall–Kier alpha value is 0.180. The summed E-state index contributed by atoms with van der Waals surface area (Å²) in [6, 6.07) is 0. The van der Waals surface area contributed by atoms with Gasteiger partial charge in [0.15, 0.2) is 0 Å². The van der Waals surface area contributed by atoms with Crippen molar-refractivity contribution in [1.29, 1.82) is 0 Å². The molecular weight excluding hydrogens is 298 g/mol. The van der Waals surface area contributed by atoms with Crippen molar-refractivity contribution in [2.45, 2.75) is 77.6 Å². The standard InChI is InChI=1S/C17H35N.BrH/c1-4-5-6-7-8-9-10-11-12-13-14-15-16-17-18(2)3;/h14-15H,4-13,16-17H2,1-3H3;1H. The van der Waals surface area contributed by atoms with Crippen molar-refractivity contribution in [2.75, 3.05) is 20.6 Å². The minimum absolute atomic E-state index is 0. The third-order valence-corrected chi connectivity index (χ3v) is 3.38. The number of nitrogens with zero attached hydrogens (tertiary/aromatic N) is 1. The number of hydrogen-bond donors (Lipinski definition) is 0. The molecule has 19 heavy (non-hydrogen) atoms. The maximum Gasteiger partial charge on any atom is 0.000980 e. The second kappa shape index (κ2) is 18.2. The summed E-state index contributed by atoms with van der Waals surface area (Å²) in [4.78, 5) is 2.24. The van der Waals surface area contributed by atoms with Gasteiger partial charge in [0.2, 0.25) is 0 Å². The van der Waals surface area contributed by atoms with E-state index in [1.165, 1.54) is 77.2 Å². The highest BCUT2D eigenvalue weighted by molar-refractivity contribution is 8.93. The summed E-state index contributed by atoms with van der Waals surface area (Å²) in [5.74, 6) is 0.